The average molecular weight is 262 g/mol. The molecule has 1 aromatic rings. The molecule has 1 fully saturated rings. The minimum absolute atomic E-state index is 0.0172. The first-order chi connectivity index (χ1) is 9.11. The molecular formula is C13H18N4O2. The van der Waals surface area contributed by atoms with Crippen LogP contribution in [0.5, 0.6) is 0 Å². The molecule has 2 rings (SSSR count). The lowest BCUT2D eigenvalue weighted by Gasteiger charge is -2.21. The van der Waals surface area contributed by atoms with Crippen LogP contribution >= 0.6 is 0 Å². The van der Waals surface area contributed by atoms with Gasteiger partial charge in [-0.3, -0.25) is 15.4 Å². The van der Waals surface area contributed by atoms with Gasteiger partial charge in [-0.25, -0.2) is 0 Å². The number of nitrogen functional groups attached to an aromatic ring is 1. The molecule has 19 heavy (non-hydrogen) atoms. The predicted molar refractivity (Wildman–Crippen MR) is 72.5 cm³/mol. The van der Waals surface area contributed by atoms with Gasteiger partial charge in [-0.05, 0) is 24.6 Å². The zero-order valence-corrected chi connectivity index (χ0v) is 10.9. The van der Waals surface area contributed by atoms with Crippen molar-refractivity contribution in [1.29, 1.82) is 0 Å². The molecule has 0 radical (unpaired) electrons. The zero-order valence-electron chi connectivity index (χ0n) is 10.9. The zero-order chi connectivity index (χ0) is 13.8. The van der Waals surface area contributed by atoms with Gasteiger partial charge in [0.25, 0.3) is 5.91 Å². The van der Waals surface area contributed by atoms with Crippen LogP contribution in [0.4, 0.5) is 5.69 Å². The minimum atomic E-state index is -0.107. The molecule has 6 heteroatoms. The number of nitrogens with one attached hydrogen (secondary N) is 2. The molecule has 1 aliphatic rings. The average Bonchev–Trinajstić information content (AvgIpc) is 2.62. The highest BCUT2D eigenvalue weighted by molar-refractivity contribution is 6.00. The molecule has 0 aliphatic carbocycles. The van der Waals surface area contributed by atoms with Gasteiger partial charge in [0.2, 0.25) is 5.91 Å². The second-order valence-electron chi connectivity index (χ2n) is 4.59. The molecule has 2 amide bonds. The lowest BCUT2D eigenvalue weighted by atomic mass is 10.1. The fourth-order valence-electron chi connectivity index (χ4n) is 2.10. The van der Waals surface area contributed by atoms with Gasteiger partial charge in [-0.1, -0.05) is 6.07 Å². The van der Waals surface area contributed by atoms with Crippen LogP contribution in [-0.4, -0.2) is 36.3 Å². The molecule has 1 aromatic carbocycles. The Morgan fingerprint density at radius 2 is 2.21 bits per heavy atom. The van der Waals surface area contributed by atoms with E-state index in [0.29, 0.717) is 37.3 Å². The molecule has 0 saturated carbocycles. The standard InChI is InChI=1S/C13H18N4O2/c1-9-2-3-10(11(8-9)16-14)13(19)17-6-4-12(18)15-5-7-17/h2-3,8,16H,4-7,14H2,1H3,(H,15,18). The van der Waals surface area contributed by atoms with Crippen molar-refractivity contribution in [1.82, 2.24) is 10.2 Å². The summed E-state index contributed by atoms with van der Waals surface area (Å²) in [4.78, 5) is 25.4. The summed E-state index contributed by atoms with van der Waals surface area (Å²) in [5.41, 5.74) is 4.71. The largest absolute Gasteiger partial charge is 0.354 e. The van der Waals surface area contributed by atoms with Crippen molar-refractivity contribution in [2.24, 2.45) is 5.84 Å². The number of carbonyl (C=O) groups is 2. The maximum absolute atomic E-state index is 12.4. The number of nitrogens with two attached hydrogens (primary N) is 1. The number of carbonyl (C=O) groups excluding carboxylic acids is 2. The van der Waals surface area contributed by atoms with Crippen LogP contribution in [-0.2, 0) is 4.79 Å². The van der Waals surface area contributed by atoms with Gasteiger partial charge >= 0.3 is 0 Å². The highest BCUT2D eigenvalue weighted by atomic mass is 16.2. The first-order valence-electron chi connectivity index (χ1n) is 6.25. The topological polar surface area (TPSA) is 87.5 Å². The number of nitrogens with zero attached hydrogens (tertiary/aromatic N) is 1. The highest BCUT2D eigenvalue weighted by Gasteiger charge is 2.21. The first kappa shape index (κ1) is 13.4. The number of hydrazine groups is 1. The number of hydrogen-bond donors (Lipinski definition) is 3. The number of anilines is 1. The van der Waals surface area contributed by atoms with Gasteiger partial charge < -0.3 is 15.6 Å². The summed E-state index contributed by atoms with van der Waals surface area (Å²) < 4.78 is 0. The summed E-state index contributed by atoms with van der Waals surface area (Å²) in [6.07, 6.45) is 0.336. The lowest BCUT2D eigenvalue weighted by molar-refractivity contribution is -0.120. The van der Waals surface area contributed by atoms with Crippen LogP contribution in [0.1, 0.15) is 22.3 Å². The number of amides is 2. The summed E-state index contributed by atoms with van der Waals surface area (Å²) >= 11 is 0. The van der Waals surface area contributed by atoms with E-state index in [1.54, 1.807) is 11.0 Å². The van der Waals surface area contributed by atoms with Crippen LogP contribution < -0.4 is 16.6 Å². The summed E-state index contributed by atoms with van der Waals surface area (Å²) in [7, 11) is 0. The third-order valence-corrected chi connectivity index (χ3v) is 3.16. The van der Waals surface area contributed by atoms with E-state index < -0.39 is 0 Å². The van der Waals surface area contributed by atoms with Crippen molar-refractivity contribution in [3.63, 3.8) is 0 Å². The Bertz CT molecular complexity index is 501. The number of benzene rings is 1. The molecule has 1 aliphatic heterocycles. The first-order valence-corrected chi connectivity index (χ1v) is 6.25. The molecule has 0 bridgehead atoms. The van der Waals surface area contributed by atoms with E-state index in [9.17, 15) is 9.59 Å². The fraction of sp³-hybridized carbons (Fsp3) is 0.385. The molecule has 102 valence electrons. The second-order valence-corrected chi connectivity index (χ2v) is 4.59. The normalized spacial score (nSPS) is 15.7. The van der Waals surface area contributed by atoms with Crippen molar-refractivity contribution < 1.29 is 9.59 Å². The molecule has 1 heterocycles. The van der Waals surface area contributed by atoms with Gasteiger partial charge in [-0.15, -0.1) is 0 Å². The van der Waals surface area contributed by atoms with Crippen LogP contribution in [0.2, 0.25) is 0 Å². The summed E-state index contributed by atoms with van der Waals surface area (Å²) in [6, 6.07) is 5.46. The van der Waals surface area contributed by atoms with Crippen LogP contribution in [0.15, 0.2) is 18.2 Å². The molecular weight excluding hydrogens is 244 g/mol. The monoisotopic (exact) mass is 262 g/mol. The van der Waals surface area contributed by atoms with E-state index in [1.165, 1.54) is 0 Å². The SMILES string of the molecule is Cc1ccc(C(=O)N2CCNC(=O)CC2)c(NN)c1. The van der Waals surface area contributed by atoms with E-state index in [4.69, 9.17) is 5.84 Å². The Balaban J connectivity index is 2.21. The van der Waals surface area contributed by atoms with Crippen molar-refractivity contribution in [3.8, 4) is 0 Å². The highest BCUT2D eigenvalue weighted by Crippen LogP contribution is 2.19. The van der Waals surface area contributed by atoms with Crippen molar-refractivity contribution in [2.75, 3.05) is 25.1 Å². The molecule has 0 spiro atoms. The molecule has 6 nitrogen and oxygen atoms in total. The number of aryl methyl sites for hydroxylation is 1. The van der Waals surface area contributed by atoms with Crippen molar-refractivity contribution in [3.05, 3.63) is 29.3 Å². The second kappa shape index (κ2) is 5.71. The Morgan fingerprint density at radius 1 is 1.42 bits per heavy atom. The number of hydrogen-bond acceptors (Lipinski definition) is 4. The smallest absolute Gasteiger partial charge is 0.256 e. The third kappa shape index (κ3) is 3.03. The quantitative estimate of drug-likeness (QED) is 0.526. The summed E-state index contributed by atoms with van der Waals surface area (Å²) in [6.45, 7) is 3.37. The molecule has 0 unspecified atom stereocenters. The maximum Gasteiger partial charge on any atom is 0.256 e. The molecule has 0 atom stereocenters. The Labute approximate surface area is 111 Å². The van der Waals surface area contributed by atoms with E-state index in [0.717, 1.165) is 5.56 Å². The fourth-order valence-corrected chi connectivity index (χ4v) is 2.10. The molecule has 4 N–H and O–H groups in total. The van der Waals surface area contributed by atoms with Crippen LogP contribution in [0.3, 0.4) is 0 Å². The molecule has 1 saturated heterocycles. The maximum atomic E-state index is 12.4. The van der Waals surface area contributed by atoms with Gasteiger partial charge in [0, 0.05) is 26.1 Å². The van der Waals surface area contributed by atoms with Gasteiger partial charge in [0.05, 0.1) is 11.3 Å². The van der Waals surface area contributed by atoms with Crippen molar-refractivity contribution >= 4 is 17.5 Å². The van der Waals surface area contributed by atoms with E-state index >= 15 is 0 Å². The van der Waals surface area contributed by atoms with Gasteiger partial charge in [-0.2, -0.15) is 0 Å². The van der Waals surface area contributed by atoms with E-state index in [1.807, 2.05) is 19.1 Å². The summed E-state index contributed by atoms with van der Waals surface area (Å²) in [5, 5.41) is 2.75. The Morgan fingerprint density at radius 3 is 2.95 bits per heavy atom. The van der Waals surface area contributed by atoms with Crippen molar-refractivity contribution in [2.45, 2.75) is 13.3 Å². The van der Waals surface area contributed by atoms with Crippen LogP contribution in [0, 0.1) is 6.92 Å². The van der Waals surface area contributed by atoms with Gasteiger partial charge in [0.15, 0.2) is 0 Å². The van der Waals surface area contributed by atoms with Gasteiger partial charge in [0.1, 0.15) is 0 Å². The molecule has 0 aromatic heterocycles. The predicted octanol–water partition coefficient (Wildman–Crippen LogP) is 0.243. The number of rotatable bonds is 2. The Hall–Kier alpha value is -2.08. The van der Waals surface area contributed by atoms with E-state index in [2.05, 4.69) is 10.7 Å². The summed E-state index contributed by atoms with van der Waals surface area (Å²) in [5.74, 6) is 5.33. The lowest BCUT2D eigenvalue weighted by Crippen LogP contribution is -2.34. The van der Waals surface area contributed by atoms with Crippen LogP contribution in [0.25, 0.3) is 0 Å². The third-order valence-electron chi connectivity index (χ3n) is 3.16. The Kier molecular flexibility index (Phi) is 4.01. The minimum Gasteiger partial charge on any atom is -0.354 e. The van der Waals surface area contributed by atoms with E-state index in [-0.39, 0.29) is 11.8 Å².